The molecule has 2 aromatic carbocycles. The molecule has 42 heavy (non-hydrogen) atoms. The molecule has 0 aliphatic heterocycles. The lowest BCUT2D eigenvalue weighted by Crippen LogP contribution is -2.01. The second-order valence-corrected chi connectivity index (χ2v) is 10.1. The molecule has 4 rings (SSSR count). The van der Waals surface area contributed by atoms with E-state index in [9.17, 15) is 0 Å². The van der Waals surface area contributed by atoms with Crippen LogP contribution in [-0.4, -0.2) is 0 Å². The van der Waals surface area contributed by atoms with Crippen molar-refractivity contribution < 1.29 is 0 Å². The van der Waals surface area contributed by atoms with Gasteiger partial charge < -0.3 is 0 Å². The van der Waals surface area contributed by atoms with Gasteiger partial charge in [0.25, 0.3) is 0 Å². The highest BCUT2D eigenvalue weighted by atomic mass is 14.4. The van der Waals surface area contributed by atoms with Crippen molar-refractivity contribution >= 4 is 0 Å². The van der Waals surface area contributed by atoms with Crippen LogP contribution in [0, 0.1) is 32.6 Å². The van der Waals surface area contributed by atoms with Crippen molar-refractivity contribution in [2.45, 2.75) is 121 Å². The van der Waals surface area contributed by atoms with Crippen molar-refractivity contribution in [3.05, 3.63) is 121 Å². The normalized spacial score (nSPS) is 13.6. The molecule has 2 aromatic rings. The lowest BCUT2D eigenvalue weighted by Gasteiger charge is -2.12. The van der Waals surface area contributed by atoms with Crippen LogP contribution in [0.1, 0.15) is 117 Å². The van der Waals surface area contributed by atoms with E-state index in [1.54, 1.807) is 0 Å². The van der Waals surface area contributed by atoms with E-state index in [0.29, 0.717) is 0 Å². The van der Waals surface area contributed by atoms with Gasteiger partial charge >= 0.3 is 0 Å². The van der Waals surface area contributed by atoms with E-state index in [-0.39, 0.29) is 0 Å². The Hall–Kier alpha value is -2.86. The standard InChI is InChI=1S/C15H16.C11H20.C8H12.2C2H6.2C2H4/c1-11-4-7-14(8-5-11)15-9-6-12(2)13(3)10-15;1-4-6-10(7-5-2)11-8-9(11)3;1-2-8-6-4-3-5-7-8;4*1-2/h4-10H,1-3H3;10-11H,3-8H2,1-2H3;4,6-7H,2-3,5H2,1H3;2*1-2H3;2*1-2H2. The molecular weight excluding hydrogens is 504 g/mol. The largest absolute Gasteiger partial charge is 0.106 e. The molecule has 0 saturated heterocycles. The molecule has 0 N–H and O–H groups in total. The fourth-order valence-corrected chi connectivity index (χ4v) is 4.61. The number of allylic oxidation sites excluding steroid dienone is 5. The van der Waals surface area contributed by atoms with Crippen molar-refractivity contribution in [1.29, 1.82) is 0 Å². The zero-order valence-corrected chi connectivity index (χ0v) is 29.6. The number of hydrogen-bond acceptors (Lipinski definition) is 0. The molecule has 1 fully saturated rings. The van der Waals surface area contributed by atoms with Gasteiger partial charge in [-0.1, -0.05) is 158 Å². The van der Waals surface area contributed by atoms with Crippen LogP contribution in [0.3, 0.4) is 0 Å². The topological polar surface area (TPSA) is 0 Å². The highest BCUT2D eigenvalue weighted by molar-refractivity contribution is 5.65. The Morgan fingerprint density at radius 1 is 0.714 bits per heavy atom. The molecule has 1 unspecified atom stereocenters. The first-order valence-electron chi connectivity index (χ1n) is 16.6. The Kier molecular flexibility index (Phi) is 30.7. The number of benzene rings is 2. The van der Waals surface area contributed by atoms with E-state index in [1.165, 1.54) is 90.3 Å². The van der Waals surface area contributed by atoms with Gasteiger partial charge in [0.15, 0.2) is 0 Å². The molecule has 1 atom stereocenters. The fourth-order valence-electron chi connectivity index (χ4n) is 4.61. The lowest BCUT2D eigenvalue weighted by atomic mass is 9.93. The van der Waals surface area contributed by atoms with Gasteiger partial charge in [-0.05, 0) is 80.5 Å². The van der Waals surface area contributed by atoms with Gasteiger partial charge in [0.1, 0.15) is 0 Å². The first-order valence-corrected chi connectivity index (χ1v) is 16.6. The van der Waals surface area contributed by atoms with Crippen LogP contribution in [0.25, 0.3) is 11.1 Å². The molecule has 1 saturated carbocycles. The van der Waals surface area contributed by atoms with Crippen molar-refractivity contribution in [2.24, 2.45) is 11.8 Å². The first-order chi connectivity index (χ1) is 20.4. The highest BCUT2D eigenvalue weighted by Gasteiger charge is 2.33. The summed E-state index contributed by atoms with van der Waals surface area (Å²) in [5.41, 5.74) is 9.62. The minimum atomic E-state index is 0.912. The van der Waals surface area contributed by atoms with E-state index in [1.807, 2.05) is 27.7 Å². The van der Waals surface area contributed by atoms with Crippen molar-refractivity contribution in [2.75, 3.05) is 0 Å². The average Bonchev–Trinajstić information content (AvgIpc) is 3.80. The predicted molar refractivity (Wildman–Crippen MR) is 199 cm³/mol. The van der Waals surface area contributed by atoms with E-state index in [4.69, 9.17) is 0 Å². The lowest BCUT2D eigenvalue weighted by molar-refractivity contribution is 0.400. The number of rotatable bonds is 7. The summed E-state index contributed by atoms with van der Waals surface area (Å²) in [7, 11) is 0. The molecule has 0 amide bonds. The number of aryl methyl sites for hydroxylation is 3. The monoisotopic (exact) mass is 573 g/mol. The van der Waals surface area contributed by atoms with Gasteiger partial charge in [-0.25, -0.2) is 0 Å². The molecule has 0 radical (unpaired) electrons. The summed E-state index contributed by atoms with van der Waals surface area (Å²) in [4.78, 5) is 0. The Labute approximate surface area is 264 Å². The summed E-state index contributed by atoms with van der Waals surface area (Å²) in [5, 5.41) is 0. The summed E-state index contributed by atoms with van der Waals surface area (Å²) >= 11 is 0. The predicted octanol–water partition coefficient (Wildman–Crippen LogP) is 14.4. The van der Waals surface area contributed by atoms with Crippen LogP contribution >= 0.6 is 0 Å². The molecular formula is C42H68. The summed E-state index contributed by atoms with van der Waals surface area (Å²) < 4.78 is 0. The Morgan fingerprint density at radius 2 is 1.21 bits per heavy atom. The van der Waals surface area contributed by atoms with Gasteiger partial charge in [0.2, 0.25) is 0 Å². The molecule has 236 valence electrons. The van der Waals surface area contributed by atoms with Crippen LogP contribution in [0.4, 0.5) is 0 Å². The first kappa shape index (κ1) is 43.6. The molecule has 0 spiro atoms. The van der Waals surface area contributed by atoms with Crippen LogP contribution in [0.5, 0.6) is 0 Å². The third-order valence-electron chi connectivity index (χ3n) is 7.11. The van der Waals surface area contributed by atoms with E-state index in [0.717, 1.165) is 11.8 Å². The quantitative estimate of drug-likeness (QED) is 0.289. The number of hydrogen-bond donors (Lipinski definition) is 0. The molecule has 2 aliphatic carbocycles. The van der Waals surface area contributed by atoms with E-state index < -0.39 is 0 Å². The molecule has 0 heterocycles. The average molecular weight is 573 g/mol. The van der Waals surface area contributed by atoms with Crippen LogP contribution < -0.4 is 0 Å². The van der Waals surface area contributed by atoms with E-state index >= 15 is 0 Å². The van der Waals surface area contributed by atoms with Gasteiger partial charge in [0.05, 0.1) is 0 Å². The van der Waals surface area contributed by atoms with E-state index in [2.05, 4.69) is 135 Å². The van der Waals surface area contributed by atoms with Crippen molar-refractivity contribution in [1.82, 2.24) is 0 Å². The SMILES string of the molecule is C=C.C=C.C=C1CC1C(CCC)CCC.CC.CC.CCC1=CCCC=C1.Cc1ccc(-c2ccc(C)c(C)c2)cc1. The Morgan fingerprint density at radius 3 is 1.57 bits per heavy atom. The molecule has 0 nitrogen and oxygen atoms in total. The Balaban J connectivity index is -0.000000500. The summed E-state index contributed by atoms with van der Waals surface area (Å²) in [6.45, 7) is 37.2. The smallest absolute Gasteiger partial charge is 0.0140 e. The third-order valence-corrected chi connectivity index (χ3v) is 7.11. The minimum Gasteiger partial charge on any atom is -0.106 e. The zero-order chi connectivity index (χ0) is 32.9. The van der Waals surface area contributed by atoms with Crippen LogP contribution in [0.2, 0.25) is 0 Å². The minimum absolute atomic E-state index is 0.912. The van der Waals surface area contributed by atoms with Gasteiger partial charge in [0, 0.05) is 0 Å². The maximum absolute atomic E-state index is 4.03. The van der Waals surface area contributed by atoms with Gasteiger partial charge in [-0.2, -0.15) is 0 Å². The summed E-state index contributed by atoms with van der Waals surface area (Å²) in [6.07, 6.45) is 17.3. The molecule has 0 aromatic heterocycles. The maximum Gasteiger partial charge on any atom is -0.0140 e. The zero-order valence-electron chi connectivity index (χ0n) is 29.6. The van der Waals surface area contributed by atoms with Crippen molar-refractivity contribution in [3.8, 4) is 11.1 Å². The second-order valence-electron chi connectivity index (χ2n) is 10.1. The van der Waals surface area contributed by atoms with Gasteiger partial charge in [-0.15, -0.1) is 26.3 Å². The van der Waals surface area contributed by atoms with Gasteiger partial charge in [-0.3, -0.25) is 0 Å². The second kappa shape index (κ2) is 29.6. The summed E-state index contributed by atoms with van der Waals surface area (Å²) in [5.74, 6) is 1.88. The highest BCUT2D eigenvalue weighted by Crippen LogP contribution is 2.45. The van der Waals surface area contributed by atoms with Crippen molar-refractivity contribution in [3.63, 3.8) is 0 Å². The molecule has 0 bridgehead atoms. The molecule has 2 aliphatic rings. The van der Waals surface area contributed by atoms with Crippen LogP contribution in [-0.2, 0) is 0 Å². The third kappa shape index (κ3) is 19.3. The van der Waals surface area contributed by atoms with Crippen LogP contribution in [0.15, 0.2) is 105 Å². The maximum atomic E-state index is 4.03. The Bertz CT molecular complexity index is 962. The summed E-state index contributed by atoms with van der Waals surface area (Å²) in [6, 6.07) is 15.3. The molecule has 0 heteroatoms. The fraction of sp³-hybridized carbons (Fsp3) is 0.476.